The van der Waals surface area contributed by atoms with Crippen LogP contribution in [0.25, 0.3) is 0 Å². The van der Waals surface area contributed by atoms with Gasteiger partial charge < -0.3 is 11.1 Å². The van der Waals surface area contributed by atoms with E-state index in [1.165, 1.54) is 4.90 Å². The number of likely N-dealkylation sites (tertiary alicyclic amines) is 1. The molecule has 1 aromatic rings. The Kier molecular flexibility index (Phi) is 5.12. The summed E-state index contributed by atoms with van der Waals surface area (Å²) in [6.07, 6.45) is 5.15. The number of rotatable bonds is 4. The smallest absolute Gasteiger partial charge is 0.233 e. The van der Waals surface area contributed by atoms with Crippen molar-refractivity contribution in [3.8, 4) is 0 Å². The van der Waals surface area contributed by atoms with Gasteiger partial charge >= 0.3 is 0 Å². The average Bonchev–Trinajstić information content (AvgIpc) is 3.25. The van der Waals surface area contributed by atoms with E-state index in [0.717, 1.165) is 12.1 Å². The number of aliphatic imine (C=N–C) groups is 1. The van der Waals surface area contributed by atoms with Crippen LogP contribution in [0.3, 0.4) is 0 Å². The van der Waals surface area contributed by atoms with Crippen LogP contribution in [0.5, 0.6) is 0 Å². The molecular formula is C18H21IN4O2. The predicted octanol–water partition coefficient (Wildman–Crippen LogP) is 1.84. The highest BCUT2D eigenvalue weighted by molar-refractivity contribution is 14.0. The van der Waals surface area contributed by atoms with Crippen LogP contribution in [0.15, 0.2) is 47.5 Å². The fourth-order valence-corrected chi connectivity index (χ4v) is 4.16. The molecule has 0 radical (unpaired) electrons. The number of nitrogens with zero attached hydrogens (tertiary/aromatic N) is 2. The maximum Gasteiger partial charge on any atom is 0.233 e. The molecule has 4 rings (SSSR count). The summed E-state index contributed by atoms with van der Waals surface area (Å²) < 4.78 is 0. The molecule has 1 heterocycles. The number of amides is 2. The number of benzene rings is 1. The van der Waals surface area contributed by atoms with E-state index in [2.05, 4.69) is 22.5 Å². The summed E-state index contributed by atoms with van der Waals surface area (Å²) in [6.45, 7) is 0.604. The number of hydrogen-bond acceptors (Lipinski definition) is 3. The van der Waals surface area contributed by atoms with Crippen LogP contribution in [0, 0.1) is 23.7 Å². The largest absolute Gasteiger partial charge is 0.370 e. The Labute approximate surface area is 163 Å². The Hall–Kier alpha value is -1.90. The van der Waals surface area contributed by atoms with Crippen molar-refractivity contribution >= 4 is 47.4 Å². The first-order chi connectivity index (χ1) is 11.6. The monoisotopic (exact) mass is 452 g/mol. The SMILES string of the molecule is I.NC(=NCCN1C(=O)C2C3C=CC(C3)C2C1=O)Nc1ccccc1. The van der Waals surface area contributed by atoms with Gasteiger partial charge in [-0.05, 0) is 30.4 Å². The Bertz CT molecular complexity index is 704. The highest BCUT2D eigenvalue weighted by Crippen LogP contribution is 2.52. The highest BCUT2D eigenvalue weighted by Gasteiger charge is 2.58. The molecule has 4 unspecified atom stereocenters. The Morgan fingerprint density at radius 3 is 2.32 bits per heavy atom. The van der Waals surface area contributed by atoms with E-state index in [4.69, 9.17) is 5.73 Å². The molecule has 132 valence electrons. The zero-order valence-corrected chi connectivity index (χ0v) is 16.0. The third-order valence-corrected chi connectivity index (χ3v) is 5.21. The lowest BCUT2D eigenvalue weighted by atomic mass is 9.85. The van der Waals surface area contributed by atoms with Crippen LogP contribution >= 0.6 is 24.0 Å². The number of imide groups is 1. The number of anilines is 1. The Morgan fingerprint density at radius 2 is 1.72 bits per heavy atom. The fourth-order valence-electron chi connectivity index (χ4n) is 4.16. The lowest BCUT2D eigenvalue weighted by Gasteiger charge is -2.16. The second-order valence-electron chi connectivity index (χ2n) is 6.59. The summed E-state index contributed by atoms with van der Waals surface area (Å²) in [6, 6.07) is 9.50. The van der Waals surface area contributed by atoms with E-state index in [0.29, 0.717) is 13.1 Å². The van der Waals surface area contributed by atoms with Crippen molar-refractivity contribution in [1.29, 1.82) is 0 Å². The van der Waals surface area contributed by atoms with Crippen LogP contribution < -0.4 is 11.1 Å². The van der Waals surface area contributed by atoms with Gasteiger partial charge in [0.05, 0.1) is 18.4 Å². The Morgan fingerprint density at radius 1 is 1.12 bits per heavy atom. The molecule has 3 N–H and O–H groups in total. The van der Waals surface area contributed by atoms with Gasteiger partial charge in [-0.25, -0.2) is 0 Å². The second-order valence-corrected chi connectivity index (χ2v) is 6.59. The number of carbonyl (C=O) groups excluding carboxylic acids is 2. The summed E-state index contributed by atoms with van der Waals surface area (Å²) >= 11 is 0. The minimum absolute atomic E-state index is 0. The number of para-hydroxylation sites is 1. The van der Waals surface area contributed by atoms with Crippen LogP contribution in [0.4, 0.5) is 5.69 Å². The maximum atomic E-state index is 12.5. The minimum Gasteiger partial charge on any atom is -0.370 e. The molecule has 1 aromatic carbocycles. The number of hydrogen-bond donors (Lipinski definition) is 2. The van der Waals surface area contributed by atoms with Gasteiger partial charge in [0, 0.05) is 12.2 Å². The summed E-state index contributed by atoms with van der Waals surface area (Å²) in [5.74, 6) is 0.414. The minimum atomic E-state index is -0.142. The Balaban J connectivity index is 0.00000182. The summed E-state index contributed by atoms with van der Waals surface area (Å²) in [5.41, 5.74) is 6.70. The van der Waals surface area contributed by atoms with Crippen LogP contribution in [-0.4, -0.2) is 35.8 Å². The van der Waals surface area contributed by atoms with Crippen molar-refractivity contribution in [2.24, 2.45) is 34.4 Å². The molecule has 1 saturated carbocycles. The molecule has 25 heavy (non-hydrogen) atoms. The standard InChI is InChI=1S/C18H20N4O2.HI/c19-18(21-13-4-2-1-3-5-13)20-8-9-22-16(23)14-11-6-7-12(10-11)15(14)17(22)24;/h1-7,11-12,14-15H,8-10H2,(H3,19,20,21);1H. The molecular weight excluding hydrogens is 431 g/mol. The molecule has 7 heteroatoms. The van der Waals surface area contributed by atoms with E-state index in [9.17, 15) is 9.59 Å². The van der Waals surface area contributed by atoms with Crippen molar-refractivity contribution in [3.63, 3.8) is 0 Å². The predicted molar refractivity (Wildman–Crippen MR) is 106 cm³/mol. The molecule has 0 spiro atoms. The molecule has 2 bridgehead atoms. The van der Waals surface area contributed by atoms with Gasteiger partial charge in [0.1, 0.15) is 0 Å². The number of halogens is 1. The molecule has 1 saturated heterocycles. The van der Waals surface area contributed by atoms with Crippen LogP contribution in [0.2, 0.25) is 0 Å². The zero-order valence-electron chi connectivity index (χ0n) is 13.7. The van der Waals surface area contributed by atoms with Gasteiger partial charge in [-0.1, -0.05) is 30.4 Å². The highest BCUT2D eigenvalue weighted by atomic mass is 127. The number of fused-ring (bicyclic) bond motifs is 5. The average molecular weight is 452 g/mol. The summed E-state index contributed by atoms with van der Waals surface area (Å²) in [4.78, 5) is 30.7. The van der Waals surface area contributed by atoms with Gasteiger partial charge in [0.15, 0.2) is 5.96 Å². The van der Waals surface area contributed by atoms with Gasteiger partial charge in [-0.2, -0.15) is 0 Å². The number of allylic oxidation sites excluding steroid dienone is 2. The molecule has 2 amide bonds. The molecule has 0 aromatic heterocycles. The molecule has 3 aliphatic rings. The quantitative estimate of drug-likeness (QED) is 0.240. The van der Waals surface area contributed by atoms with E-state index in [-0.39, 0.29) is 65.4 Å². The number of nitrogens with one attached hydrogen (secondary N) is 1. The maximum absolute atomic E-state index is 12.5. The molecule has 2 fully saturated rings. The topological polar surface area (TPSA) is 87.8 Å². The van der Waals surface area contributed by atoms with Gasteiger partial charge in [-0.3, -0.25) is 19.5 Å². The van der Waals surface area contributed by atoms with Crippen LogP contribution in [-0.2, 0) is 9.59 Å². The lowest BCUT2D eigenvalue weighted by molar-refractivity contribution is -0.140. The number of nitrogens with two attached hydrogens (primary N) is 1. The van der Waals surface area contributed by atoms with Crippen molar-refractivity contribution in [3.05, 3.63) is 42.5 Å². The molecule has 2 aliphatic carbocycles. The van der Waals surface area contributed by atoms with E-state index in [1.54, 1.807) is 0 Å². The normalized spacial score (nSPS) is 29.8. The molecule has 6 nitrogen and oxygen atoms in total. The molecule has 1 aliphatic heterocycles. The van der Waals surface area contributed by atoms with Crippen molar-refractivity contribution in [2.75, 3.05) is 18.4 Å². The van der Waals surface area contributed by atoms with Crippen molar-refractivity contribution in [2.45, 2.75) is 6.42 Å². The lowest BCUT2D eigenvalue weighted by Crippen LogP contribution is -2.35. The third-order valence-electron chi connectivity index (χ3n) is 5.21. The van der Waals surface area contributed by atoms with Gasteiger partial charge in [0.2, 0.25) is 11.8 Å². The van der Waals surface area contributed by atoms with E-state index in [1.807, 2.05) is 30.3 Å². The van der Waals surface area contributed by atoms with E-state index >= 15 is 0 Å². The zero-order chi connectivity index (χ0) is 16.7. The van der Waals surface area contributed by atoms with Crippen LogP contribution in [0.1, 0.15) is 6.42 Å². The summed E-state index contributed by atoms with van der Waals surface area (Å²) in [7, 11) is 0. The number of carbonyl (C=O) groups is 2. The van der Waals surface area contributed by atoms with Crippen molar-refractivity contribution in [1.82, 2.24) is 4.90 Å². The molecule has 4 atom stereocenters. The van der Waals surface area contributed by atoms with Crippen molar-refractivity contribution < 1.29 is 9.59 Å². The summed E-state index contributed by atoms with van der Waals surface area (Å²) in [5, 5.41) is 2.98. The first kappa shape index (κ1) is 17.9. The first-order valence-electron chi connectivity index (χ1n) is 8.30. The third kappa shape index (κ3) is 3.17. The van der Waals surface area contributed by atoms with Gasteiger partial charge in [-0.15, -0.1) is 24.0 Å². The van der Waals surface area contributed by atoms with E-state index < -0.39 is 0 Å². The number of guanidine groups is 1. The second kappa shape index (κ2) is 7.15. The first-order valence-corrected chi connectivity index (χ1v) is 8.30. The fraction of sp³-hybridized carbons (Fsp3) is 0.389. The van der Waals surface area contributed by atoms with Gasteiger partial charge in [0.25, 0.3) is 0 Å².